The number of rotatable bonds is 4. The van der Waals surface area contributed by atoms with Gasteiger partial charge in [-0.15, -0.1) is 0 Å². The summed E-state index contributed by atoms with van der Waals surface area (Å²) in [5.74, 6) is 0.269. The molecule has 1 aromatic carbocycles. The van der Waals surface area contributed by atoms with Crippen molar-refractivity contribution >= 4 is 27.3 Å². The van der Waals surface area contributed by atoms with Gasteiger partial charge >= 0.3 is 0 Å². The van der Waals surface area contributed by atoms with Gasteiger partial charge in [-0.1, -0.05) is 29.8 Å². The van der Waals surface area contributed by atoms with Gasteiger partial charge in [0.05, 0.1) is 11.5 Å². The van der Waals surface area contributed by atoms with E-state index in [-0.39, 0.29) is 23.3 Å². The number of nitrogens with zero attached hydrogens (tertiary/aromatic N) is 1. The minimum Gasteiger partial charge on any atom is -0.341 e. The topological polar surface area (TPSA) is 54.5 Å². The molecule has 20 heavy (non-hydrogen) atoms. The molecule has 1 unspecified atom stereocenters. The summed E-state index contributed by atoms with van der Waals surface area (Å²) in [6.45, 7) is 0.442. The standard InChI is InChI=1S/C14H18ClNO3S/c1-16(9-12-4-2-3-5-13(12)15)14(17)8-11-6-7-20(18,19)10-11/h2-5,11H,6-10H2,1H3. The van der Waals surface area contributed by atoms with Crippen LogP contribution in [-0.2, 0) is 21.2 Å². The van der Waals surface area contributed by atoms with E-state index in [4.69, 9.17) is 11.6 Å². The fourth-order valence-electron chi connectivity index (χ4n) is 2.41. The highest BCUT2D eigenvalue weighted by Crippen LogP contribution is 2.23. The Morgan fingerprint density at radius 3 is 2.70 bits per heavy atom. The van der Waals surface area contributed by atoms with E-state index in [1.807, 2.05) is 18.2 Å². The lowest BCUT2D eigenvalue weighted by molar-refractivity contribution is -0.131. The highest BCUT2D eigenvalue weighted by atomic mass is 35.5. The maximum Gasteiger partial charge on any atom is 0.222 e. The minimum atomic E-state index is -2.92. The minimum absolute atomic E-state index is 0.0352. The van der Waals surface area contributed by atoms with E-state index in [0.29, 0.717) is 24.4 Å². The third kappa shape index (κ3) is 3.96. The lowest BCUT2D eigenvalue weighted by Gasteiger charge is -2.19. The van der Waals surface area contributed by atoms with Crippen molar-refractivity contribution in [3.63, 3.8) is 0 Å². The van der Waals surface area contributed by atoms with Gasteiger partial charge in [-0.3, -0.25) is 4.79 Å². The molecule has 1 aliphatic rings. The number of carbonyl (C=O) groups is 1. The Morgan fingerprint density at radius 1 is 1.40 bits per heavy atom. The van der Waals surface area contributed by atoms with Gasteiger partial charge in [0.2, 0.25) is 5.91 Å². The fraction of sp³-hybridized carbons (Fsp3) is 0.500. The summed E-state index contributed by atoms with van der Waals surface area (Å²) in [7, 11) is -1.21. The number of hydrogen-bond acceptors (Lipinski definition) is 3. The Morgan fingerprint density at radius 2 is 2.10 bits per heavy atom. The van der Waals surface area contributed by atoms with Crippen LogP contribution in [0.15, 0.2) is 24.3 Å². The lowest BCUT2D eigenvalue weighted by Crippen LogP contribution is -2.28. The zero-order valence-corrected chi connectivity index (χ0v) is 13.0. The zero-order valence-electron chi connectivity index (χ0n) is 11.4. The van der Waals surface area contributed by atoms with Gasteiger partial charge in [-0.2, -0.15) is 0 Å². The molecule has 1 amide bonds. The Bertz CT molecular complexity index is 600. The molecule has 0 N–H and O–H groups in total. The Hall–Kier alpha value is -1.07. The van der Waals surface area contributed by atoms with Crippen LogP contribution in [-0.4, -0.2) is 37.8 Å². The first-order chi connectivity index (χ1) is 9.37. The number of benzene rings is 1. The van der Waals surface area contributed by atoms with Gasteiger partial charge in [0, 0.05) is 25.0 Å². The summed E-state index contributed by atoms with van der Waals surface area (Å²) >= 11 is 6.06. The van der Waals surface area contributed by atoms with Crippen LogP contribution in [0.5, 0.6) is 0 Å². The largest absolute Gasteiger partial charge is 0.341 e. The molecule has 1 fully saturated rings. The second-order valence-corrected chi connectivity index (χ2v) is 7.95. The molecule has 0 radical (unpaired) electrons. The molecular weight excluding hydrogens is 298 g/mol. The maximum atomic E-state index is 12.1. The van der Waals surface area contributed by atoms with Crippen molar-refractivity contribution in [3.05, 3.63) is 34.9 Å². The molecule has 1 heterocycles. The molecule has 4 nitrogen and oxygen atoms in total. The zero-order chi connectivity index (χ0) is 14.8. The van der Waals surface area contributed by atoms with E-state index in [0.717, 1.165) is 5.56 Å². The summed E-state index contributed by atoms with van der Waals surface area (Å²) in [6.07, 6.45) is 0.883. The molecule has 0 bridgehead atoms. The summed E-state index contributed by atoms with van der Waals surface area (Å²) < 4.78 is 22.8. The van der Waals surface area contributed by atoms with Gasteiger partial charge in [-0.25, -0.2) is 8.42 Å². The van der Waals surface area contributed by atoms with E-state index in [9.17, 15) is 13.2 Å². The quantitative estimate of drug-likeness (QED) is 0.855. The molecular formula is C14H18ClNO3S. The van der Waals surface area contributed by atoms with Crippen LogP contribution in [0.4, 0.5) is 0 Å². The smallest absolute Gasteiger partial charge is 0.222 e. The van der Waals surface area contributed by atoms with Crippen LogP contribution >= 0.6 is 11.6 Å². The number of sulfone groups is 1. The molecule has 1 aliphatic heterocycles. The molecule has 1 atom stereocenters. The molecule has 6 heteroatoms. The molecule has 110 valence electrons. The van der Waals surface area contributed by atoms with Crippen LogP contribution in [0.3, 0.4) is 0 Å². The first kappa shape index (κ1) is 15.3. The summed E-state index contributed by atoms with van der Waals surface area (Å²) in [5.41, 5.74) is 0.893. The number of carbonyl (C=O) groups excluding carboxylic acids is 1. The van der Waals surface area contributed by atoms with Crippen molar-refractivity contribution in [3.8, 4) is 0 Å². The van der Waals surface area contributed by atoms with Gasteiger partial charge in [0.15, 0.2) is 9.84 Å². The van der Waals surface area contributed by atoms with E-state index in [1.165, 1.54) is 0 Å². The predicted molar refractivity (Wildman–Crippen MR) is 79.3 cm³/mol. The van der Waals surface area contributed by atoms with Gasteiger partial charge in [0.1, 0.15) is 0 Å². The summed E-state index contributed by atoms with van der Waals surface area (Å²) in [6, 6.07) is 7.39. The average molecular weight is 316 g/mol. The van der Waals surface area contributed by atoms with Gasteiger partial charge in [0.25, 0.3) is 0 Å². The molecule has 2 rings (SSSR count). The van der Waals surface area contributed by atoms with Crippen molar-refractivity contribution in [1.82, 2.24) is 4.90 Å². The third-order valence-corrected chi connectivity index (χ3v) is 5.79. The Balaban J connectivity index is 1.91. The Kier molecular flexibility index (Phi) is 4.70. The highest BCUT2D eigenvalue weighted by molar-refractivity contribution is 7.91. The van der Waals surface area contributed by atoms with Crippen LogP contribution in [0.25, 0.3) is 0 Å². The van der Waals surface area contributed by atoms with Crippen LogP contribution in [0.1, 0.15) is 18.4 Å². The SMILES string of the molecule is CN(Cc1ccccc1Cl)C(=O)CC1CCS(=O)(=O)C1. The number of amides is 1. The normalized spacial score (nSPS) is 20.8. The summed E-state index contributed by atoms with van der Waals surface area (Å²) in [4.78, 5) is 13.7. The molecule has 1 saturated heterocycles. The predicted octanol–water partition coefficient (Wildman–Crippen LogP) is 2.12. The molecule has 0 aromatic heterocycles. The van der Waals surface area contributed by atoms with E-state index in [2.05, 4.69) is 0 Å². The van der Waals surface area contributed by atoms with E-state index < -0.39 is 9.84 Å². The lowest BCUT2D eigenvalue weighted by atomic mass is 10.0. The second-order valence-electron chi connectivity index (χ2n) is 5.31. The highest BCUT2D eigenvalue weighted by Gasteiger charge is 2.30. The first-order valence-electron chi connectivity index (χ1n) is 6.55. The van der Waals surface area contributed by atoms with Crippen LogP contribution in [0, 0.1) is 5.92 Å². The monoisotopic (exact) mass is 315 g/mol. The van der Waals surface area contributed by atoms with Gasteiger partial charge < -0.3 is 4.90 Å². The van der Waals surface area contributed by atoms with Crippen molar-refractivity contribution in [2.24, 2.45) is 5.92 Å². The molecule has 0 saturated carbocycles. The van der Waals surface area contributed by atoms with Gasteiger partial charge in [-0.05, 0) is 24.0 Å². The number of halogens is 1. The fourth-order valence-corrected chi connectivity index (χ4v) is 4.46. The second kappa shape index (κ2) is 6.14. The van der Waals surface area contributed by atoms with E-state index >= 15 is 0 Å². The third-order valence-electron chi connectivity index (χ3n) is 3.58. The van der Waals surface area contributed by atoms with Crippen molar-refractivity contribution in [2.75, 3.05) is 18.6 Å². The molecule has 0 spiro atoms. The summed E-state index contributed by atoms with van der Waals surface area (Å²) in [5, 5.41) is 0.635. The van der Waals surface area contributed by atoms with Crippen molar-refractivity contribution < 1.29 is 13.2 Å². The van der Waals surface area contributed by atoms with Crippen molar-refractivity contribution in [1.29, 1.82) is 0 Å². The van der Waals surface area contributed by atoms with E-state index in [1.54, 1.807) is 18.0 Å². The Labute approximate surface area is 124 Å². The van der Waals surface area contributed by atoms with Crippen LogP contribution in [0.2, 0.25) is 5.02 Å². The number of hydrogen-bond donors (Lipinski definition) is 0. The average Bonchev–Trinajstić information content (AvgIpc) is 2.71. The first-order valence-corrected chi connectivity index (χ1v) is 8.75. The molecule has 1 aromatic rings. The van der Waals surface area contributed by atoms with Crippen LogP contribution < -0.4 is 0 Å². The molecule has 0 aliphatic carbocycles. The maximum absolute atomic E-state index is 12.1. The van der Waals surface area contributed by atoms with Crippen molar-refractivity contribution in [2.45, 2.75) is 19.4 Å².